The van der Waals surface area contributed by atoms with E-state index in [1.165, 1.54) is 10.7 Å². The zero-order valence-electron chi connectivity index (χ0n) is 21.3. The van der Waals surface area contributed by atoms with E-state index in [-0.39, 0.29) is 18.9 Å². The number of piperidine rings is 1. The molecule has 0 aliphatic carbocycles. The first-order valence-corrected chi connectivity index (χ1v) is 13.9. The second-order valence-corrected chi connectivity index (χ2v) is 11.1. The Morgan fingerprint density at radius 1 is 1.11 bits per heavy atom. The number of carbonyl (C=O) groups is 2. The number of carboxylic acid groups (broad SMARTS) is 1. The number of sulfonamides is 1. The maximum atomic E-state index is 13.5. The molecule has 0 radical (unpaired) electrons. The summed E-state index contributed by atoms with van der Waals surface area (Å²) in [6, 6.07) is 7.58. The van der Waals surface area contributed by atoms with Crippen molar-refractivity contribution in [2.75, 3.05) is 52.4 Å². The summed E-state index contributed by atoms with van der Waals surface area (Å²) in [5.41, 5.74) is 0.738. The molecule has 0 aromatic heterocycles. The fourth-order valence-corrected chi connectivity index (χ4v) is 6.02. The number of aliphatic carboxylic acids is 1. The van der Waals surface area contributed by atoms with Gasteiger partial charge in [0.05, 0.1) is 4.90 Å². The van der Waals surface area contributed by atoms with Gasteiger partial charge in [-0.05, 0) is 44.9 Å². The molecule has 1 aromatic carbocycles. The number of hydrogen-bond acceptors (Lipinski definition) is 6. The monoisotopic (exact) mass is 550 g/mol. The molecule has 2 heterocycles. The minimum atomic E-state index is -5.08. The fraction of sp³-hybridized carbons (Fsp3) is 0.667. The molecular weight excluding hydrogens is 513 g/mol. The zero-order chi connectivity index (χ0) is 27.6. The second kappa shape index (κ2) is 14.1. The molecule has 1 amide bonds. The van der Waals surface area contributed by atoms with Gasteiger partial charge in [0.25, 0.3) is 0 Å². The molecule has 3 rings (SSSR count). The lowest BCUT2D eigenvalue weighted by Gasteiger charge is -2.35. The van der Waals surface area contributed by atoms with Gasteiger partial charge in [-0.15, -0.1) is 0 Å². The van der Waals surface area contributed by atoms with Gasteiger partial charge in [0, 0.05) is 58.3 Å². The first kappa shape index (κ1) is 31.0. The Bertz CT molecular complexity index is 1000. The molecule has 1 aromatic rings. The van der Waals surface area contributed by atoms with Crippen LogP contribution >= 0.6 is 0 Å². The number of rotatable bonds is 8. The van der Waals surface area contributed by atoms with Crippen LogP contribution in [-0.4, -0.2) is 104 Å². The van der Waals surface area contributed by atoms with E-state index in [9.17, 15) is 26.4 Å². The van der Waals surface area contributed by atoms with Gasteiger partial charge >= 0.3 is 12.1 Å². The lowest BCUT2D eigenvalue weighted by atomic mass is 10.0. The standard InChI is InChI=1S/C22H36N4O3S.C2HF3O2/c1-19-7-3-4-9-21(19)30(28,29)26(18-17-24-13-6-5-8-20(24)2)14-10-22(27)25-15-11-23-12-16-25;3-2(4,5)1(6)7/h3-4,7,9,20,23H,5-6,8,10-18H2,1-2H3;(H,6,7). The van der Waals surface area contributed by atoms with Crippen molar-refractivity contribution < 1.29 is 36.3 Å². The van der Waals surface area contributed by atoms with E-state index in [1.807, 2.05) is 24.0 Å². The maximum Gasteiger partial charge on any atom is 0.490 e. The van der Waals surface area contributed by atoms with Gasteiger partial charge in [-0.1, -0.05) is 24.6 Å². The van der Waals surface area contributed by atoms with Crippen LogP contribution in [0.3, 0.4) is 0 Å². The van der Waals surface area contributed by atoms with E-state index in [4.69, 9.17) is 9.90 Å². The lowest BCUT2D eigenvalue weighted by Crippen LogP contribution is -2.48. The number of alkyl halides is 3. The quantitative estimate of drug-likeness (QED) is 0.511. The highest BCUT2D eigenvalue weighted by molar-refractivity contribution is 7.89. The van der Waals surface area contributed by atoms with Crippen LogP contribution in [0.2, 0.25) is 0 Å². The number of piperazine rings is 1. The molecule has 13 heteroatoms. The number of nitrogens with zero attached hydrogens (tertiary/aromatic N) is 3. The summed E-state index contributed by atoms with van der Waals surface area (Å²) in [4.78, 5) is 26.1. The Morgan fingerprint density at radius 2 is 1.73 bits per heavy atom. The van der Waals surface area contributed by atoms with E-state index >= 15 is 0 Å². The number of halogens is 3. The van der Waals surface area contributed by atoms with Crippen LogP contribution < -0.4 is 5.32 Å². The minimum Gasteiger partial charge on any atom is -0.475 e. The summed E-state index contributed by atoms with van der Waals surface area (Å²) in [5, 5.41) is 10.4. The van der Waals surface area contributed by atoms with Crippen LogP contribution in [0.5, 0.6) is 0 Å². The largest absolute Gasteiger partial charge is 0.490 e. The average molecular weight is 551 g/mol. The smallest absolute Gasteiger partial charge is 0.475 e. The highest BCUT2D eigenvalue weighted by Gasteiger charge is 2.38. The molecule has 1 atom stereocenters. The Morgan fingerprint density at radius 3 is 2.30 bits per heavy atom. The highest BCUT2D eigenvalue weighted by Crippen LogP contribution is 2.21. The maximum absolute atomic E-state index is 13.5. The van der Waals surface area contributed by atoms with Crippen molar-refractivity contribution in [1.29, 1.82) is 0 Å². The predicted octanol–water partition coefficient (Wildman–Crippen LogP) is 2.32. The van der Waals surface area contributed by atoms with Crippen molar-refractivity contribution in [2.45, 2.75) is 56.6 Å². The number of nitrogens with one attached hydrogen (secondary N) is 1. The topological polar surface area (TPSA) is 110 Å². The second-order valence-electron chi connectivity index (χ2n) is 9.23. The predicted molar refractivity (Wildman–Crippen MR) is 133 cm³/mol. The van der Waals surface area contributed by atoms with Crippen molar-refractivity contribution in [2.24, 2.45) is 0 Å². The van der Waals surface area contributed by atoms with E-state index in [1.54, 1.807) is 12.1 Å². The van der Waals surface area contributed by atoms with Crippen LogP contribution in [0.25, 0.3) is 0 Å². The average Bonchev–Trinajstić information content (AvgIpc) is 2.85. The molecule has 2 aliphatic heterocycles. The van der Waals surface area contributed by atoms with Gasteiger partial charge in [0.1, 0.15) is 0 Å². The van der Waals surface area contributed by atoms with Gasteiger partial charge < -0.3 is 15.3 Å². The van der Waals surface area contributed by atoms with E-state index in [2.05, 4.69) is 17.1 Å². The SMILES string of the molecule is Cc1ccccc1S(=O)(=O)N(CCC(=O)N1CCNCC1)CCN1CCCCC1C.O=C(O)C(F)(F)F. The minimum absolute atomic E-state index is 0.0350. The summed E-state index contributed by atoms with van der Waals surface area (Å²) in [6.07, 6.45) is -1.30. The molecular formula is C24H37F3N4O5S. The summed E-state index contributed by atoms with van der Waals surface area (Å²) in [5.74, 6) is -2.72. The van der Waals surface area contributed by atoms with Gasteiger partial charge in [-0.25, -0.2) is 13.2 Å². The van der Waals surface area contributed by atoms with Crippen LogP contribution in [0.4, 0.5) is 13.2 Å². The van der Waals surface area contributed by atoms with E-state index in [0.717, 1.165) is 38.0 Å². The fourth-order valence-electron chi connectivity index (χ4n) is 4.36. The summed E-state index contributed by atoms with van der Waals surface area (Å²) < 4.78 is 60.2. The summed E-state index contributed by atoms with van der Waals surface area (Å²) >= 11 is 0. The van der Waals surface area contributed by atoms with Crippen molar-refractivity contribution in [3.8, 4) is 0 Å². The first-order chi connectivity index (χ1) is 17.3. The number of benzene rings is 1. The van der Waals surface area contributed by atoms with Gasteiger partial charge in [-0.2, -0.15) is 17.5 Å². The van der Waals surface area contributed by atoms with Crippen LogP contribution in [-0.2, 0) is 19.6 Å². The van der Waals surface area contributed by atoms with E-state index < -0.39 is 22.2 Å². The number of aryl methyl sites for hydroxylation is 1. The van der Waals surface area contributed by atoms with Gasteiger partial charge in [-0.3, -0.25) is 9.69 Å². The number of amides is 1. The van der Waals surface area contributed by atoms with Crippen molar-refractivity contribution in [3.05, 3.63) is 29.8 Å². The number of carbonyl (C=O) groups excluding carboxylic acids is 1. The third-order valence-electron chi connectivity index (χ3n) is 6.58. The summed E-state index contributed by atoms with van der Waals surface area (Å²) in [7, 11) is -3.65. The number of likely N-dealkylation sites (tertiary alicyclic amines) is 1. The summed E-state index contributed by atoms with van der Waals surface area (Å²) in [6.45, 7) is 9.36. The molecule has 210 valence electrons. The first-order valence-electron chi connectivity index (χ1n) is 12.4. The van der Waals surface area contributed by atoms with Gasteiger partial charge in [0.2, 0.25) is 15.9 Å². The third-order valence-corrected chi connectivity index (χ3v) is 8.63. The molecule has 0 bridgehead atoms. The Balaban J connectivity index is 0.000000604. The van der Waals surface area contributed by atoms with Gasteiger partial charge in [0.15, 0.2) is 0 Å². The highest BCUT2D eigenvalue weighted by atomic mass is 32.2. The number of carboxylic acids is 1. The van der Waals surface area contributed by atoms with Crippen molar-refractivity contribution in [1.82, 2.24) is 19.4 Å². The third kappa shape index (κ3) is 9.55. The molecule has 37 heavy (non-hydrogen) atoms. The van der Waals surface area contributed by atoms with E-state index in [0.29, 0.717) is 37.1 Å². The molecule has 2 fully saturated rings. The molecule has 2 N–H and O–H groups in total. The van der Waals surface area contributed by atoms with Crippen molar-refractivity contribution in [3.63, 3.8) is 0 Å². The molecule has 2 saturated heterocycles. The molecule has 1 unspecified atom stereocenters. The lowest BCUT2D eigenvalue weighted by molar-refractivity contribution is -0.192. The Hall–Kier alpha value is -2.22. The molecule has 2 aliphatic rings. The normalized spacial score (nSPS) is 19.3. The van der Waals surface area contributed by atoms with Crippen LogP contribution in [0, 0.1) is 6.92 Å². The Labute approximate surface area is 216 Å². The van der Waals surface area contributed by atoms with Crippen LogP contribution in [0.1, 0.15) is 38.2 Å². The zero-order valence-corrected chi connectivity index (χ0v) is 22.2. The molecule has 0 spiro atoms. The molecule has 9 nitrogen and oxygen atoms in total. The number of hydrogen-bond donors (Lipinski definition) is 2. The molecule has 0 saturated carbocycles. The van der Waals surface area contributed by atoms with Crippen molar-refractivity contribution >= 4 is 21.9 Å². The van der Waals surface area contributed by atoms with Crippen LogP contribution in [0.15, 0.2) is 29.2 Å². The Kier molecular flexibility index (Phi) is 11.8.